The van der Waals surface area contributed by atoms with Gasteiger partial charge in [-0.2, -0.15) is 5.26 Å². The van der Waals surface area contributed by atoms with E-state index in [1.807, 2.05) is 0 Å². The van der Waals surface area contributed by atoms with Crippen molar-refractivity contribution in [2.24, 2.45) is 0 Å². The van der Waals surface area contributed by atoms with Gasteiger partial charge in [0.1, 0.15) is 23.5 Å². The fraction of sp³-hybridized carbons (Fsp3) is 0.263. The Kier molecular flexibility index (Phi) is 7.36. The van der Waals surface area contributed by atoms with Gasteiger partial charge in [0, 0.05) is 31.6 Å². The van der Waals surface area contributed by atoms with Crippen molar-refractivity contribution in [3.63, 3.8) is 0 Å². The minimum Gasteiger partial charge on any atom is -0.337 e. The molecular formula is C19H18F3N3O3S. The molecule has 0 aliphatic rings. The first-order valence-electron chi connectivity index (χ1n) is 8.51. The highest BCUT2D eigenvalue weighted by molar-refractivity contribution is 7.89. The second-order valence-electron chi connectivity index (χ2n) is 6.18. The molecule has 2 aromatic carbocycles. The Bertz CT molecular complexity index is 1020. The normalized spacial score (nSPS) is 12.4. The van der Waals surface area contributed by atoms with Gasteiger partial charge < -0.3 is 5.32 Å². The number of sulfonamides is 1. The highest BCUT2D eigenvalue weighted by atomic mass is 32.2. The minimum absolute atomic E-state index is 0.00470. The van der Waals surface area contributed by atoms with Gasteiger partial charge in [0.25, 0.3) is 0 Å². The smallest absolute Gasteiger partial charge is 0.242 e. The van der Waals surface area contributed by atoms with E-state index in [0.717, 1.165) is 40.7 Å². The Morgan fingerprint density at radius 1 is 1.14 bits per heavy atom. The third-order valence-corrected chi connectivity index (χ3v) is 5.98. The fourth-order valence-electron chi connectivity index (χ4n) is 2.52. The highest BCUT2D eigenvalue weighted by Crippen LogP contribution is 2.18. The summed E-state index contributed by atoms with van der Waals surface area (Å²) < 4.78 is 65.5. The number of carbonyl (C=O) groups is 1. The van der Waals surface area contributed by atoms with Gasteiger partial charge >= 0.3 is 0 Å². The average molecular weight is 425 g/mol. The molecule has 0 saturated heterocycles. The summed E-state index contributed by atoms with van der Waals surface area (Å²) in [6.07, 6.45) is 0.0110. The Labute approximate surface area is 166 Å². The molecule has 1 amide bonds. The van der Waals surface area contributed by atoms with Crippen LogP contribution in [0.25, 0.3) is 0 Å². The van der Waals surface area contributed by atoms with Crippen LogP contribution in [-0.4, -0.2) is 32.2 Å². The molecule has 1 unspecified atom stereocenters. The van der Waals surface area contributed by atoms with Crippen LogP contribution in [0, 0.1) is 28.8 Å². The third kappa shape index (κ3) is 5.79. The van der Waals surface area contributed by atoms with E-state index in [4.69, 9.17) is 5.26 Å². The summed E-state index contributed by atoms with van der Waals surface area (Å²) in [5.41, 5.74) is -0.168. The summed E-state index contributed by atoms with van der Waals surface area (Å²) >= 11 is 0. The van der Waals surface area contributed by atoms with Gasteiger partial charge in [0.15, 0.2) is 0 Å². The molecule has 6 nitrogen and oxygen atoms in total. The van der Waals surface area contributed by atoms with E-state index in [1.165, 1.54) is 7.05 Å². The summed E-state index contributed by atoms with van der Waals surface area (Å²) in [4.78, 5) is 12.0. The van der Waals surface area contributed by atoms with Crippen molar-refractivity contribution in [3.8, 4) is 6.07 Å². The predicted octanol–water partition coefficient (Wildman–Crippen LogP) is 2.89. The third-order valence-electron chi connectivity index (χ3n) is 4.11. The quantitative estimate of drug-likeness (QED) is 0.704. The van der Waals surface area contributed by atoms with Gasteiger partial charge in [-0.25, -0.2) is 25.9 Å². The average Bonchev–Trinajstić information content (AvgIpc) is 2.66. The lowest BCUT2D eigenvalue weighted by atomic mass is 10.1. The molecule has 0 aliphatic carbocycles. The van der Waals surface area contributed by atoms with Crippen molar-refractivity contribution in [1.82, 2.24) is 9.62 Å². The van der Waals surface area contributed by atoms with Crippen LogP contribution in [-0.2, 0) is 14.8 Å². The first-order valence-corrected chi connectivity index (χ1v) is 9.95. The van der Waals surface area contributed by atoms with Gasteiger partial charge in [-0.3, -0.25) is 4.79 Å². The van der Waals surface area contributed by atoms with Crippen LogP contribution in [0.5, 0.6) is 0 Å². The van der Waals surface area contributed by atoms with E-state index in [0.29, 0.717) is 6.07 Å². The Morgan fingerprint density at radius 3 is 2.34 bits per heavy atom. The van der Waals surface area contributed by atoms with Crippen molar-refractivity contribution in [1.29, 1.82) is 5.26 Å². The SMILES string of the molecule is CN(CCCC(=O)NC(C#N)c1ccc(F)cc1F)S(=O)(=O)c1ccc(F)cc1. The van der Waals surface area contributed by atoms with Gasteiger partial charge in [-0.05, 0) is 36.8 Å². The van der Waals surface area contributed by atoms with Gasteiger partial charge in [0.05, 0.1) is 11.0 Å². The number of rotatable bonds is 8. The zero-order valence-electron chi connectivity index (χ0n) is 15.4. The van der Waals surface area contributed by atoms with Crippen molar-refractivity contribution < 1.29 is 26.4 Å². The molecule has 0 heterocycles. The molecule has 1 atom stereocenters. The van der Waals surface area contributed by atoms with Crippen LogP contribution in [0.3, 0.4) is 0 Å². The van der Waals surface area contributed by atoms with E-state index in [2.05, 4.69) is 5.32 Å². The maximum absolute atomic E-state index is 13.8. The molecule has 0 spiro atoms. The number of amides is 1. The van der Waals surface area contributed by atoms with E-state index in [9.17, 15) is 26.4 Å². The number of nitriles is 1. The number of hydrogen-bond acceptors (Lipinski definition) is 4. The zero-order chi connectivity index (χ0) is 21.6. The molecule has 1 N–H and O–H groups in total. The molecule has 2 rings (SSSR count). The second-order valence-corrected chi connectivity index (χ2v) is 8.22. The van der Waals surface area contributed by atoms with Crippen molar-refractivity contribution in [3.05, 3.63) is 65.5 Å². The lowest BCUT2D eigenvalue weighted by molar-refractivity contribution is -0.121. The lowest BCUT2D eigenvalue weighted by Crippen LogP contribution is -2.31. The number of halogens is 3. The summed E-state index contributed by atoms with van der Waals surface area (Å²) in [6.45, 7) is -0.00470. The highest BCUT2D eigenvalue weighted by Gasteiger charge is 2.22. The fourth-order valence-corrected chi connectivity index (χ4v) is 3.73. The molecular weight excluding hydrogens is 407 g/mol. The Morgan fingerprint density at radius 2 is 1.76 bits per heavy atom. The van der Waals surface area contributed by atoms with Gasteiger partial charge in [-0.1, -0.05) is 6.07 Å². The summed E-state index contributed by atoms with van der Waals surface area (Å²) in [5.74, 6) is -2.91. The molecule has 0 aromatic heterocycles. The lowest BCUT2D eigenvalue weighted by Gasteiger charge is -2.17. The van der Waals surface area contributed by atoms with E-state index >= 15 is 0 Å². The largest absolute Gasteiger partial charge is 0.337 e. The number of carbonyl (C=O) groups excluding carboxylic acids is 1. The molecule has 0 saturated carbocycles. The molecule has 29 heavy (non-hydrogen) atoms. The predicted molar refractivity (Wildman–Crippen MR) is 98.3 cm³/mol. The molecule has 10 heteroatoms. The standard InChI is InChI=1S/C19H18F3N3O3S/c1-25(29(27,28)15-7-4-13(20)5-8-15)10-2-3-19(26)24-18(12-23)16-9-6-14(21)11-17(16)22/h4-9,11,18H,2-3,10H2,1H3,(H,24,26). The molecule has 0 aliphatic heterocycles. The number of nitrogens with one attached hydrogen (secondary N) is 1. The summed E-state index contributed by atoms with van der Waals surface area (Å²) in [5, 5.41) is 11.5. The monoisotopic (exact) mass is 425 g/mol. The van der Waals surface area contributed by atoms with E-state index in [1.54, 1.807) is 6.07 Å². The van der Waals surface area contributed by atoms with Crippen LogP contribution < -0.4 is 5.32 Å². The molecule has 154 valence electrons. The number of benzene rings is 2. The van der Waals surface area contributed by atoms with Crippen molar-refractivity contribution in [2.45, 2.75) is 23.8 Å². The molecule has 2 aromatic rings. The van der Waals surface area contributed by atoms with E-state index < -0.39 is 39.4 Å². The number of hydrogen-bond donors (Lipinski definition) is 1. The van der Waals surface area contributed by atoms with Crippen LogP contribution in [0.4, 0.5) is 13.2 Å². The summed E-state index contributed by atoms with van der Waals surface area (Å²) in [6, 6.07) is 7.43. The summed E-state index contributed by atoms with van der Waals surface area (Å²) in [7, 11) is -2.51. The van der Waals surface area contributed by atoms with Crippen LogP contribution >= 0.6 is 0 Å². The van der Waals surface area contributed by atoms with Crippen LogP contribution in [0.1, 0.15) is 24.4 Å². The molecule has 0 fully saturated rings. The minimum atomic E-state index is -3.84. The second kappa shape index (κ2) is 9.54. The first kappa shape index (κ1) is 22.4. The topological polar surface area (TPSA) is 90.3 Å². The van der Waals surface area contributed by atoms with E-state index in [-0.39, 0.29) is 29.8 Å². The molecule has 0 radical (unpaired) electrons. The Hall–Kier alpha value is -2.90. The molecule has 0 bridgehead atoms. The zero-order valence-corrected chi connectivity index (χ0v) is 16.2. The van der Waals surface area contributed by atoms with Gasteiger partial charge in [0.2, 0.25) is 15.9 Å². The maximum atomic E-state index is 13.8. The van der Waals surface area contributed by atoms with Crippen molar-refractivity contribution in [2.75, 3.05) is 13.6 Å². The number of nitrogens with zero attached hydrogens (tertiary/aromatic N) is 2. The van der Waals surface area contributed by atoms with Gasteiger partial charge in [-0.15, -0.1) is 0 Å². The Balaban J connectivity index is 1.91. The van der Waals surface area contributed by atoms with Crippen molar-refractivity contribution >= 4 is 15.9 Å². The van der Waals surface area contributed by atoms with Crippen LogP contribution in [0.15, 0.2) is 47.4 Å². The maximum Gasteiger partial charge on any atom is 0.242 e. The van der Waals surface area contributed by atoms with Crippen LogP contribution in [0.2, 0.25) is 0 Å². The first-order chi connectivity index (χ1) is 13.6.